The van der Waals surface area contributed by atoms with Gasteiger partial charge in [0.15, 0.2) is 0 Å². The Kier molecular flexibility index (Phi) is 4.19. The summed E-state index contributed by atoms with van der Waals surface area (Å²) in [7, 11) is 0. The zero-order valence-electron chi connectivity index (χ0n) is 8.58. The number of hydrogen-bond donors (Lipinski definition) is 2. The molecule has 0 radical (unpaired) electrons. The van der Waals surface area contributed by atoms with Crippen LogP contribution in [0.2, 0.25) is 0 Å². The Hall–Kier alpha value is -0.780. The van der Waals surface area contributed by atoms with Crippen LogP contribution in [0, 0.1) is 6.92 Å². The van der Waals surface area contributed by atoms with Crippen LogP contribution in [-0.2, 0) is 0 Å². The first-order chi connectivity index (χ1) is 6.65. The number of hydrogen-bond acceptors (Lipinski definition) is 5. The number of nitrogens with zero attached hydrogens (tertiary/aromatic N) is 2. The maximum absolute atomic E-state index is 5.49. The van der Waals surface area contributed by atoms with E-state index in [0.717, 1.165) is 23.4 Å². The molecule has 3 N–H and O–H groups in total. The van der Waals surface area contributed by atoms with E-state index < -0.39 is 0 Å². The molecule has 4 nitrogen and oxygen atoms in total. The topological polar surface area (TPSA) is 63.8 Å². The Labute approximate surface area is 88.3 Å². The van der Waals surface area contributed by atoms with Gasteiger partial charge in [0.2, 0.25) is 0 Å². The molecule has 78 valence electrons. The van der Waals surface area contributed by atoms with Gasteiger partial charge in [0.05, 0.1) is 16.6 Å². The Morgan fingerprint density at radius 2 is 2.43 bits per heavy atom. The summed E-state index contributed by atoms with van der Waals surface area (Å²) in [5.41, 5.74) is 4.91. The molecule has 0 fully saturated rings. The average Bonchev–Trinajstić information content (AvgIpc) is 2.53. The van der Waals surface area contributed by atoms with Crippen LogP contribution in [0.25, 0.3) is 0 Å². The minimum absolute atomic E-state index is 0.145. The van der Waals surface area contributed by atoms with Gasteiger partial charge in [-0.3, -0.25) is 11.3 Å². The first-order valence-electron chi connectivity index (χ1n) is 4.54. The second-order valence-corrected chi connectivity index (χ2v) is 4.22. The van der Waals surface area contributed by atoms with Crippen molar-refractivity contribution in [2.75, 3.05) is 0 Å². The van der Waals surface area contributed by atoms with Gasteiger partial charge in [0, 0.05) is 0 Å². The lowest BCUT2D eigenvalue weighted by Gasteiger charge is -2.13. The Morgan fingerprint density at radius 1 is 1.71 bits per heavy atom. The first-order valence-corrected chi connectivity index (χ1v) is 5.32. The fraction of sp³-hybridized carbons (Fsp3) is 0.556. The van der Waals surface area contributed by atoms with Crippen molar-refractivity contribution >= 4 is 11.5 Å². The molecule has 0 aliphatic heterocycles. The van der Waals surface area contributed by atoms with Crippen molar-refractivity contribution < 1.29 is 0 Å². The van der Waals surface area contributed by atoms with Crippen molar-refractivity contribution in [3.63, 3.8) is 0 Å². The summed E-state index contributed by atoms with van der Waals surface area (Å²) in [5, 5.41) is 3.96. The van der Waals surface area contributed by atoms with Crippen molar-refractivity contribution in [2.45, 2.75) is 32.7 Å². The standard InChI is InChI=1S/C9H16N4S/c1-6(2)4-5-8(11-10)9-7(3)12-13-14-9/h8,11H,1,4-5,10H2,2-3H3. The van der Waals surface area contributed by atoms with Crippen molar-refractivity contribution in [3.8, 4) is 0 Å². The predicted molar refractivity (Wildman–Crippen MR) is 58.8 cm³/mol. The molecule has 1 unspecified atom stereocenters. The summed E-state index contributed by atoms with van der Waals surface area (Å²) in [6, 6.07) is 0.145. The number of aryl methyl sites for hydroxylation is 1. The SMILES string of the molecule is C=C(C)CCC(NN)c1snnc1C. The molecular weight excluding hydrogens is 196 g/mol. The summed E-state index contributed by atoms with van der Waals surface area (Å²) in [5.74, 6) is 5.49. The van der Waals surface area contributed by atoms with Gasteiger partial charge in [0.1, 0.15) is 0 Å². The summed E-state index contributed by atoms with van der Waals surface area (Å²) in [6.07, 6.45) is 1.91. The smallest absolute Gasteiger partial charge is 0.0773 e. The lowest BCUT2D eigenvalue weighted by Crippen LogP contribution is -2.27. The number of hydrazine groups is 1. The zero-order chi connectivity index (χ0) is 10.6. The molecule has 1 rings (SSSR count). The van der Waals surface area contributed by atoms with Gasteiger partial charge >= 0.3 is 0 Å². The summed E-state index contributed by atoms with van der Waals surface area (Å²) < 4.78 is 3.89. The minimum Gasteiger partial charge on any atom is -0.271 e. The molecule has 5 heteroatoms. The molecule has 14 heavy (non-hydrogen) atoms. The number of allylic oxidation sites excluding steroid dienone is 1. The Balaban J connectivity index is 2.63. The Bertz CT molecular complexity index is 308. The molecule has 1 aromatic rings. The quantitative estimate of drug-likeness (QED) is 0.443. The molecule has 0 aliphatic carbocycles. The molecule has 1 atom stereocenters. The van der Waals surface area contributed by atoms with Gasteiger partial charge in [-0.2, -0.15) is 0 Å². The van der Waals surface area contributed by atoms with Crippen LogP contribution in [0.4, 0.5) is 0 Å². The third-order valence-electron chi connectivity index (χ3n) is 2.06. The zero-order valence-corrected chi connectivity index (χ0v) is 9.40. The fourth-order valence-electron chi connectivity index (χ4n) is 1.24. The van der Waals surface area contributed by atoms with Crippen LogP contribution in [0.15, 0.2) is 12.2 Å². The molecule has 0 spiro atoms. The van der Waals surface area contributed by atoms with E-state index >= 15 is 0 Å². The molecule has 0 amide bonds. The van der Waals surface area contributed by atoms with Gasteiger partial charge < -0.3 is 0 Å². The molecule has 1 aromatic heterocycles. The molecule has 0 aromatic carbocycles. The Morgan fingerprint density at radius 3 is 2.86 bits per heavy atom. The summed E-state index contributed by atoms with van der Waals surface area (Å²) in [6.45, 7) is 7.84. The molecule has 1 heterocycles. The maximum atomic E-state index is 5.49. The van der Waals surface area contributed by atoms with Crippen LogP contribution in [0.3, 0.4) is 0 Å². The molecular formula is C9H16N4S. The van der Waals surface area contributed by atoms with E-state index in [4.69, 9.17) is 5.84 Å². The van der Waals surface area contributed by atoms with E-state index in [-0.39, 0.29) is 6.04 Å². The lowest BCUT2D eigenvalue weighted by molar-refractivity contribution is 0.520. The maximum Gasteiger partial charge on any atom is 0.0773 e. The van der Waals surface area contributed by atoms with Crippen molar-refractivity contribution in [2.24, 2.45) is 5.84 Å². The molecule has 0 bridgehead atoms. The third-order valence-corrected chi connectivity index (χ3v) is 3.00. The van der Waals surface area contributed by atoms with E-state index in [1.807, 2.05) is 13.8 Å². The average molecular weight is 212 g/mol. The number of aromatic nitrogens is 2. The van der Waals surface area contributed by atoms with Crippen molar-refractivity contribution in [1.82, 2.24) is 15.0 Å². The summed E-state index contributed by atoms with van der Waals surface area (Å²) in [4.78, 5) is 1.12. The molecule has 0 aliphatic rings. The van der Waals surface area contributed by atoms with E-state index in [0.29, 0.717) is 0 Å². The monoisotopic (exact) mass is 212 g/mol. The van der Waals surface area contributed by atoms with Crippen LogP contribution in [0.5, 0.6) is 0 Å². The highest BCUT2D eigenvalue weighted by Gasteiger charge is 2.15. The van der Waals surface area contributed by atoms with Crippen molar-refractivity contribution in [1.29, 1.82) is 0 Å². The van der Waals surface area contributed by atoms with E-state index in [9.17, 15) is 0 Å². The van der Waals surface area contributed by atoms with Crippen LogP contribution >= 0.6 is 11.5 Å². The highest BCUT2D eigenvalue weighted by atomic mass is 32.1. The second kappa shape index (κ2) is 5.19. The highest BCUT2D eigenvalue weighted by molar-refractivity contribution is 7.05. The second-order valence-electron chi connectivity index (χ2n) is 3.44. The normalized spacial score (nSPS) is 12.8. The van der Waals surface area contributed by atoms with Crippen LogP contribution in [-0.4, -0.2) is 9.59 Å². The fourth-order valence-corrected chi connectivity index (χ4v) is 1.97. The lowest BCUT2D eigenvalue weighted by atomic mass is 10.1. The van der Waals surface area contributed by atoms with Crippen LogP contribution in [0.1, 0.15) is 36.4 Å². The van der Waals surface area contributed by atoms with Gasteiger partial charge in [-0.25, -0.2) is 0 Å². The third kappa shape index (κ3) is 2.87. The number of rotatable bonds is 5. The first kappa shape index (κ1) is 11.3. The van der Waals surface area contributed by atoms with Gasteiger partial charge in [-0.05, 0) is 38.2 Å². The van der Waals surface area contributed by atoms with Crippen molar-refractivity contribution in [3.05, 3.63) is 22.7 Å². The summed E-state index contributed by atoms with van der Waals surface area (Å²) >= 11 is 1.40. The van der Waals surface area contributed by atoms with Gasteiger partial charge in [-0.15, -0.1) is 11.7 Å². The van der Waals surface area contributed by atoms with E-state index in [1.54, 1.807) is 0 Å². The number of nitrogens with two attached hydrogens (primary N) is 1. The molecule has 0 saturated carbocycles. The van der Waals surface area contributed by atoms with E-state index in [2.05, 4.69) is 21.6 Å². The minimum atomic E-state index is 0.145. The molecule has 0 saturated heterocycles. The van der Waals surface area contributed by atoms with Gasteiger partial charge in [0.25, 0.3) is 0 Å². The van der Waals surface area contributed by atoms with E-state index in [1.165, 1.54) is 17.1 Å². The predicted octanol–water partition coefficient (Wildman–Crippen LogP) is 1.71. The van der Waals surface area contributed by atoms with Gasteiger partial charge in [-0.1, -0.05) is 10.1 Å². The highest BCUT2D eigenvalue weighted by Crippen LogP contribution is 2.24. The van der Waals surface area contributed by atoms with Crippen LogP contribution < -0.4 is 11.3 Å². The largest absolute Gasteiger partial charge is 0.271 e. The number of nitrogens with one attached hydrogen (secondary N) is 1.